The smallest absolute Gasteiger partial charge is 0.363 e. The van der Waals surface area contributed by atoms with E-state index in [1.807, 2.05) is 43.7 Å². The summed E-state index contributed by atoms with van der Waals surface area (Å²) in [4.78, 5) is 89.9. The third kappa shape index (κ3) is 18.5. The highest BCUT2D eigenvalue weighted by molar-refractivity contribution is 7.44. The zero-order chi connectivity index (χ0) is 68.9. The Hall–Kier alpha value is -8.79. The van der Waals surface area contributed by atoms with E-state index in [0.29, 0.717) is 42.4 Å². The molecule has 8 aliphatic heterocycles. The number of anilines is 8. The SMILES string of the molecule is C1COCCN1.Cc1ncc2c(n1)N1C(CC2)C(=O)NCC12CCCC2.Nc1ccc(N2CCOCC2)cn1.O=C1NCC2(CCCC2)N2c3nc(Nc4ccc(N5CCOCC5)cn4)ncc3CCC12.O=S.O=[N+]([O-])c1ccc(Cl)cn1.O=[N+]([O-])c1ccc(N2CCOCC2)cn1. The van der Waals surface area contributed by atoms with Gasteiger partial charge < -0.3 is 90.7 Å². The topological polar surface area (TPSA) is 368 Å². The van der Waals surface area contributed by atoms with Gasteiger partial charge in [-0.15, -0.1) is 0 Å². The standard InChI is InChI=1S/C23H29N7O2.C15H20N4O.C9H11N3O3.C9H13N3O.C5H3ClN2O2.C4H9NO.OS/c31-21-18-5-3-16-13-25-22(28-20(16)30(18)23(15-26-21)7-1-2-8-23)27-19-6-4-17(14-24-19)29-9-11-32-12-10-29;1-10-16-8-11-4-5-12-14(20)17-9-15(6-2-3-7-15)19(12)13(11)18-10;13-12(14)9-2-1-8(7-10-9)11-3-5-15-6-4-11;10-9-2-1-8(7-11-9)12-3-5-13-6-4-12;6-4-1-2-5(7-3-4)8(9)10;1-3-6-4-2-5-1;1-2/h4,6,13-14,18H,1-3,5,7-12,15H2,(H,26,31)(H,24,25,27,28);8,12H,2-7,9H2,1H3,(H,17,20);1-2,7H,3-6H2;1-2,7H,3-6H2,(H2,10,11);1-3H;5H,1-4H2;. The molecule has 524 valence electrons. The Balaban J connectivity index is 0.000000136. The van der Waals surface area contributed by atoms with Crippen LogP contribution >= 0.6 is 11.6 Å². The average Bonchev–Trinajstić information content (AvgIpc) is 1.17. The zero-order valence-corrected chi connectivity index (χ0v) is 56.6. The highest BCUT2D eigenvalue weighted by atomic mass is 35.5. The number of carbonyl (C=O) groups excluding carboxylic acids is 2. The number of carbonyl (C=O) groups is 2. The van der Waals surface area contributed by atoms with E-state index < -0.39 is 9.85 Å². The summed E-state index contributed by atoms with van der Waals surface area (Å²) in [6, 6.07) is 13.5. The molecular formula is C65H85ClN20O11S. The van der Waals surface area contributed by atoms with Gasteiger partial charge in [-0.2, -0.15) is 9.19 Å². The van der Waals surface area contributed by atoms with Crippen LogP contribution in [0.15, 0.2) is 85.7 Å². The largest absolute Gasteiger partial charge is 0.384 e. The second-order valence-corrected chi connectivity index (χ2v) is 25.2. The fraction of sp³-hybridized carbons (Fsp3) is 0.538. The third-order valence-corrected chi connectivity index (χ3v) is 18.9. The molecule has 2 amide bonds. The van der Waals surface area contributed by atoms with Crippen molar-refractivity contribution in [3.8, 4) is 0 Å². The van der Waals surface area contributed by atoms with Gasteiger partial charge in [-0.25, -0.2) is 24.9 Å². The Morgan fingerprint density at radius 2 is 1.00 bits per heavy atom. The number of ether oxygens (including phenoxy) is 4. The molecule has 0 radical (unpaired) electrons. The number of aryl methyl sites for hydroxylation is 3. The van der Waals surface area contributed by atoms with Crippen molar-refractivity contribution in [1.82, 2.24) is 55.8 Å². The summed E-state index contributed by atoms with van der Waals surface area (Å²) in [5, 5.41) is 33.5. The first kappa shape index (κ1) is 72.0. The average molecular weight is 1390 g/mol. The Morgan fingerprint density at radius 1 is 0.561 bits per heavy atom. The minimum Gasteiger partial charge on any atom is -0.384 e. The molecule has 6 saturated heterocycles. The number of nitrogens with zero attached hydrogens (tertiary/aromatic N) is 15. The van der Waals surface area contributed by atoms with Crippen molar-refractivity contribution in [1.29, 1.82) is 0 Å². The van der Waals surface area contributed by atoms with Crippen molar-refractivity contribution in [3.63, 3.8) is 0 Å². The number of pyridine rings is 4. The molecular weight excluding hydrogens is 1300 g/mol. The van der Waals surface area contributed by atoms with Crippen molar-refractivity contribution in [3.05, 3.63) is 128 Å². The molecule has 6 N–H and O–H groups in total. The maximum absolute atomic E-state index is 12.7. The van der Waals surface area contributed by atoms with E-state index in [2.05, 4.69) is 99.3 Å². The van der Waals surface area contributed by atoms with Crippen LogP contribution in [-0.4, -0.2) is 207 Å². The summed E-state index contributed by atoms with van der Waals surface area (Å²) in [6.45, 7) is 17.0. The van der Waals surface area contributed by atoms with E-state index in [1.54, 1.807) is 12.3 Å². The molecule has 2 aliphatic carbocycles. The first-order valence-electron chi connectivity index (χ1n) is 33.3. The van der Waals surface area contributed by atoms with Crippen LogP contribution in [0.1, 0.15) is 81.2 Å². The van der Waals surface area contributed by atoms with Gasteiger partial charge in [-0.3, -0.25) is 9.59 Å². The van der Waals surface area contributed by atoms with E-state index in [4.69, 9.17) is 45.5 Å². The molecule has 31 nitrogen and oxygen atoms in total. The number of hydrogen-bond donors (Lipinski definition) is 5. The van der Waals surface area contributed by atoms with Gasteiger partial charge in [0.2, 0.25) is 17.8 Å². The fourth-order valence-electron chi connectivity index (χ4n) is 13.7. The highest BCUT2D eigenvalue weighted by Crippen LogP contribution is 2.46. The molecule has 2 atom stereocenters. The molecule has 6 aromatic rings. The van der Waals surface area contributed by atoms with Crippen LogP contribution < -0.4 is 51.5 Å². The third-order valence-electron chi connectivity index (χ3n) is 18.7. The van der Waals surface area contributed by atoms with Gasteiger partial charge in [0.05, 0.1) is 98.4 Å². The molecule has 33 heteroatoms. The van der Waals surface area contributed by atoms with Crippen LogP contribution in [0.3, 0.4) is 0 Å². The molecule has 10 aliphatic rings. The first-order chi connectivity index (χ1) is 47.7. The fourth-order valence-corrected chi connectivity index (χ4v) is 13.9. The van der Waals surface area contributed by atoms with E-state index in [1.165, 1.54) is 61.8 Å². The lowest BCUT2D eigenvalue weighted by atomic mass is 9.85. The second kappa shape index (κ2) is 35.1. The number of fused-ring (bicyclic) bond motifs is 8. The van der Waals surface area contributed by atoms with Gasteiger partial charge in [0, 0.05) is 101 Å². The zero-order valence-electron chi connectivity index (χ0n) is 55.0. The van der Waals surface area contributed by atoms with Crippen LogP contribution in [0.4, 0.5) is 57.9 Å². The van der Waals surface area contributed by atoms with Gasteiger partial charge in [0.1, 0.15) is 41.2 Å². The number of hydrogen-bond acceptors (Lipinski definition) is 28. The van der Waals surface area contributed by atoms with E-state index in [0.717, 1.165) is 190 Å². The lowest BCUT2D eigenvalue weighted by molar-refractivity contribution is -0.389. The number of halogens is 1. The number of nitrogens with one attached hydrogen (secondary N) is 4. The van der Waals surface area contributed by atoms with Gasteiger partial charge in [-0.05, 0) is 115 Å². The lowest BCUT2D eigenvalue weighted by Gasteiger charge is -2.52. The number of nitrogens with two attached hydrogens (primary N) is 1. The van der Waals surface area contributed by atoms with Crippen LogP contribution in [0, 0.1) is 27.2 Å². The number of rotatable bonds is 7. The van der Waals surface area contributed by atoms with Gasteiger partial charge in [0.15, 0.2) is 24.9 Å². The molecule has 2 unspecified atom stereocenters. The number of aromatic nitrogens is 8. The molecule has 98 heavy (non-hydrogen) atoms. The summed E-state index contributed by atoms with van der Waals surface area (Å²) < 4.78 is 28.7. The van der Waals surface area contributed by atoms with Gasteiger partial charge in [0.25, 0.3) is 0 Å². The molecule has 6 aromatic heterocycles. The predicted molar refractivity (Wildman–Crippen MR) is 370 cm³/mol. The van der Waals surface area contributed by atoms with Crippen molar-refractivity contribution in [2.45, 2.75) is 107 Å². The molecule has 2 saturated carbocycles. The number of piperazine rings is 2. The maximum atomic E-state index is 12.7. The Bertz CT molecular complexity index is 3550. The minimum atomic E-state index is -0.573. The van der Waals surface area contributed by atoms with Gasteiger partial charge >= 0.3 is 11.6 Å². The van der Waals surface area contributed by atoms with E-state index >= 15 is 0 Å². The highest BCUT2D eigenvalue weighted by Gasteiger charge is 2.52. The first-order valence-corrected chi connectivity index (χ1v) is 34.0. The Kier molecular flexibility index (Phi) is 25.8. The minimum absolute atomic E-state index is 0.0164. The number of nitrogen functional groups attached to an aromatic ring is 1. The molecule has 0 aromatic carbocycles. The quantitative estimate of drug-likeness (QED) is 0.0958. The number of nitro groups is 2. The van der Waals surface area contributed by atoms with Crippen LogP contribution in [0.2, 0.25) is 5.02 Å². The summed E-state index contributed by atoms with van der Waals surface area (Å²) in [7, 11) is 0. The molecule has 16 rings (SSSR count). The predicted octanol–water partition coefficient (Wildman–Crippen LogP) is 5.60. The monoisotopic (exact) mass is 1390 g/mol. The molecule has 14 heterocycles. The number of morpholine rings is 4. The van der Waals surface area contributed by atoms with Crippen LogP contribution in [0.5, 0.6) is 0 Å². The van der Waals surface area contributed by atoms with Crippen molar-refractivity contribution in [2.24, 2.45) is 0 Å². The molecule has 8 fully saturated rings. The normalized spacial score (nSPS) is 20.7. The summed E-state index contributed by atoms with van der Waals surface area (Å²) in [6.07, 6.45) is 23.2. The number of amides is 2. The van der Waals surface area contributed by atoms with Gasteiger partial charge in [-0.1, -0.05) is 37.3 Å². The van der Waals surface area contributed by atoms with Crippen molar-refractivity contribution in [2.75, 3.05) is 154 Å². The van der Waals surface area contributed by atoms with E-state index in [9.17, 15) is 29.8 Å². The summed E-state index contributed by atoms with van der Waals surface area (Å²) in [5.41, 5.74) is 11.0. The Morgan fingerprint density at radius 3 is 1.41 bits per heavy atom. The van der Waals surface area contributed by atoms with E-state index in [-0.39, 0.29) is 46.6 Å². The van der Waals surface area contributed by atoms with Crippen molar-refractivity contribution >= 4 is 93.9 Å². The Labute approximate surface area is 578 Å². The van der Waals surface area contributed by atoms with Crippen molar-refractivity contribution < 1.29 is 42.6 Å². The summed E-state index contributed by atoms with van der Waals surface area (Å²) in [5.74, 6) is 4.52. The molecule has 0 bridgehead atoms. The second-order valence-electron chi connectivity index (χ2n) is 24.8. The lowest BCUT2D eigenvalue weighted by Crippen LogP contribution is -2.68. The van der Waals surface area contributed by atoms with Crippen LogP contribution in [0.25, 0.3) is 0 Å². The molecule has 2 spiro atoms. The summed E-state index contributed by atoms with van der Waals surface area (Å²) >= 11 is 8.26. The van der Waals surface area contributed by atoms with Crippen LogP contribution in [-0.2, 0) is 53.9 Å². The maximum Gasteiger partial charge on any atom is 0.363 e.